The molecule has 1 aromatic heterocycles. The zero-order valence-electron chi connectivity index (χ0n) is 14.9. The fourth-order valence-corrected chi connectivity index (χ4v) is 3.57. The molecule has 0 spiro atoms. The molecule has 142 valence electrons. The summed E-state index contributed by atoms with van der Waals surface area (Å²) in [7, 11) is 0. The van der Waals surface area contributed by atoms with E-state index in [1.807, 2.05) is 25.3 Å². The lowest BCUT2D eigenvalue weighted by atomic mass is 9.94. The van der Waals surface area contributed by atoms with Gasteiger partial charge in [-0.1, -0.05) is 36.8 Å². The van der Waals surface area contributed by atoms with Crippen LogP contribution in [0.2, 0.25) is 0 Å². The van der Waals surface area contributed by atoms with Gasteiger partial charge in [0.1, 0.15) is 0 Å². The van der Waals surface area contributed by atoms with Crippen LogP contribution in [0.4, 0.5) is 0 Å². The van der Waals surface area contributed by atoms with Crippen molar-refractivity contribution in [1.82, 2.24) is 10.3 Å². The van der Waals surface area contributed by atoms with Crippen LogP contribution in [-0.2, 0) is 4.79 Å². The number of nitrogens with two attached hydrogens (primary N) is 1. The zero-order valence-corrected chi connectivity index (χ0v) is 16.6. The number of carbonyl (C=O) groups excluding carboxylic acids is 1. The van der Waals surface area contributed by atoms with E-state index in [4.69, 9.17) is 5.73 Å². The van der Waals surface area contributed by atoms with E-state index in [0.29, 0.717) is 12.5 Å². The molecule has 1 saturated carbocycles. The van der Waals surface area contributed by atoms with Gasteiger partial charge in [0, 0.05) is 18.3 Å². The number of hydrogen-bond donors (Lipinski definition) is 2. The van der Waals surface area contributed by atoms with E-state index < -0.39 is 0 Å². The maximum absolute atomic E-state index is 12.5. The van der Waals surface area contributed by atoms with Crippen LogP contribution in [0, 0.1) is 11.8 Å². The van der Waals surface area contributed by atoms with Gasteiger partial charge >= 0.3 is 0 Å². The van der Waals surface area contributed by atoms with Gasteiger partial charge in [-0.05, 0) is 55.0 Å². The van der Waals surface area contributed by atoms with Crippen molar-refractivity contribution >= 4 is 30.7 Å². The highest BCUT2D eigenvalue weighted by Gasteiger charge is 2.32. The molecule has 3 rings (SSSR count). The van der Waals surface area contributed by atoms with Crippen LogP contribution < -0.4 is 11.1 Å². The number of halogens is 2. The number of carbonyl (C=O) groups is 1. The zero-order chi connectivity index (χ0) is 16.9. The molecule has 1 aliphatic rings. The summed E-state index contributed by atoms with van der Waals surface area (Å²) in [6, 6.07) is 12.3. The number of benzene rings is 1. The van der Waals surface area contributed by atoms with E-state index in [1.54, 1.807) is 6.20 Å². The Bertz CT molecular complexity index is 679. The summed E-state index contributed by atoms with van der Waals surface area (Å²) in [5.41, 5.74) is 9.12. The number of pyridine rings is 1. The normalized spacial score (nSPS) is 19.8. The first-order valence-electron chi connectivity index (χ1n) is 8.70. The van der Waals surface area contributed by atoms with Crippen molar-refractivity contribution in [2.24, 2.45) is 17.6 Å². The molecular formula is C20H27Cl2N3O. The molecule has 1 aromatic carbocycles. The molecule has 1 amide bonds. The van der Waals surface area contributed by atoms with Gasteiger partial charge in [-0.15, -0.1) is 24.8 Å². The van der Waals surface area contributed by atoms with Crippen LogP contribution in [0.25, 0.3) is 11.1 Å². The fraction of sp³-hybridized carbons (Fsp3) is 0.400. The summed E-state index contributed by atoms with van der Waals surface area (Å²) in [6.07, 6.45) is 6.76. The van der Waals surface area contributed by atoms with Crippen molar-refractivity contribution in [2.45, 2.75) is 32.2 Å². The molecule has 1 unspecified atom stereocenters. The van der Waals surface area contributed by atoms with Crippen LogP contribution in [0.3, 0.4) is 0 Å². The molecule has 3 N–H and O–H groups in total. The lowest BCUT2D eigenvalue weighted by Gasteiger charge is -2.21. The van der Waals surface area contributed by atoms with Crippen LogP contribution in [0.15, 0.2) is 48.8 Å². The van der Waals surface area contributed by atoms with Crippen LogP contribution in [0.5, 0.6) is 0 Å². The van der Waals surface area contributed by atoms with Crippen molar-refractivity contribution in [3.8, 4) is 11.1 Å². The first-order valence-corrected chi connectivity index (χ1v) is 8.70. The minimum absolute atomic E-state index is 0. The van der Waals surface area contributed by atoms with E-state index >= 15 is 0 Å². The standard InChI is InChI=1S/C20H25N3O.2ClH/c1-14(23-20(24)19-6-2-4-17(19)12-21)15-7-9-16(10-8-15)18-5-3-11-22-13-18;;/h3,5,7-11,13-14,17,19H,2,4,6,12,21H2,1H3,(H,23,24);2*1H/t14?,17-,19-;;/m1../s1. The Balaban J connectivity index is 0.00000169. The predicted octanol–water partition coefficient (Wildman–Crippen LogP) is 4.14. The minimum atomic E-state index is -0.000488. The average molecular weight is 396 g/mol. The number of nitrogens with zero attached hydrogens (tertiary/aromatic N) is 1. The number of hydrogen-bond acceptors (Lipinski definition) is 3. The molecule has 0 aliphatic heterocycles. The van der Waals surface area contributed by atoms with Gasteiger partial charge in [-0.2, -0.15) is 0 Å². The Morgan fingerprint density at radius 1 is 1.19 bits per heavy atom. The SMILES string of the molecule is CC(NC(=O)[C@@H]1CCC[C@@H]1CN)c1ccc(-c2cccnc2)cc1.Cl.Cl. The van der Waals surface area contributed by atoms with Crippen molar-refractivity contribution in [1.29, 1.82) is 0 Å². The Labute approximate surface area is 167 Å². The largest absolute Gasteiger partial charge is 0.349 e. The molecular weight excluding hydrogens is 369 g/mol. The predicted molar refractivity (Wildman–Crippen MR) is 111 cm³/mol. The Morgan fingerprint density at radius 3 is 2.54 bits per heavy atom. The number of amides is 1. The molecule has 26 heavy (non-hydrogen) atoms. The summed E-state index contributed by atoms with van der Waals surface area (Å²) in [5.74, 6) is 0.559. The van der Waals surface area contributed by atoms with Gasteiger partial charge < -0.3 is 11.1 Å². The number of nitrogens with one attached hydrogen (secondary N) is 1. The third-order valence-corrected chi connectivity index (χ3v) is 5.06. The van der Waals surface area contributed by atoms with Gasteiger partial charge in [-0.3, -0.25) is 9.78 Å². The molecule has 4 nitrogen and oxygen atoms in total. The maximum atomic E-state index is 12.5. The van der Waals surface area contributed by atoms with Gasteiger partial charge in [0.05, 0.1) is 6.04 Å². The molecule has 1 fully saturated rings. The Morgan fingerprint density at radius 2 is 1.92 bits per heavy atom. The summed E-state index contributed by atoms with van der Waals surface area (Å²) >= 11 is 0. The highest BCUT2D eigenvalue weighted by molar-refractivity contribution is 5.85. The third kappa shape index (κ3) is 5.19. The summed E-state index contributed by atoms with van der Waals surface area (Å²) in [6.45, 7) is 2.63. The van der Waals surface area contributed by atoms with Crippen molar-refractivity contribution in [3.63, 3.8) is 0 Å². The van der Waals surface area contributed by atoms with Crippen LogP contribution >= 0.6 is 24.8 Å². The second kappa shape index (κ2) is 10.5. The molecule has 1 aliphatic carbocycles. The van der Waals surface area contributed by atoms with Crippen molar-refractivity contribution in [3.05, 3.63) is 54.4 Å². The number of aromatic nitrogens is 1. The quantitative estimate of drug-likeness (QED) is 0.798. The summed E-state index contributed by atoms with van der Waals surface area (Å²) in [5, 5.41) is 3.15. The lowest BCUT2D eigenvalue weighted by molar-refractivity contribution is -0.126. The fourth-order valence-electron chi connectivity index (χ4n) is 3.57. The second-order valence-corrected chi connectivity index (χ2v) is 6.63. The highest BCUT2D eigenvalue weighted by atomic mass is 35.5. The van der Waals surface area contributed by atoms with E-state index in [2.05, 4.69) is 34.6 Å². The van der Waals surface area contributed by atoms with E-state index in [0.717, 1.165) is 36.0 Å². The minimum Gasteiger partial charge on any atom is -0.349 e. The first-order chi connectivity index (χ1) is 11.7. The van der Waals surface area contributed by atoms with E-state index in [1.165, 1.54) is 0 Å². The van der Waals surface area contributed by atoms with Crippen LogP contribution in [-0.4, -0.2) is 17.4 Å². The van der Waals surface area contributed by atoms with Crippen LogP contribution in [0.1, 0.15) is 37.8 Å². The smallest absolute Gasteiger partial charge is 0.223 e. The van der Waals surface area contributed by atoms with Gasteiger partial charge in [-0.25, -0.2) is 0 Å². The molecule has 2 aromatic rings. The van der Waals surface area contributed by atoms with Crippen molar-refractivity contribution < 1.29 is 4.79 Å². The third-order valence-electron chi connectivity index (χ3n) is 5.06. The Hall–Kier alpha value is -1.62. The second-order valence-electron chi connectivity index (χ2n) is 6.63. The monoisotopic (exact) mass is 395 g/mol. The molecule has 6 heteroatoms. The average Bonchev–Trinajstić information content (AvgIpc) is 3.11. The van der Waals surface area contributed by atoms with Crippen molar-refractivity contribution in [2.75, 3.05) is 6.54 Å². The highest BCUT2D eigenvalue weighted by Crippen LogP contribution is 2.31. The van der Waals surface area contributed by atoms with E-state index in [9.17, 15) is 4.79 Å². The van der Waals surface area contributed by atoms with Gasteiger partial charge in [0.2, 0.25) is 5.91 Å². The molecule has 0 saturated heterocycles. The topological polar surface area (TPSA) is 68.0 Å². The molecule has 0 radical (unpaired) electrons. The molecule has 0 bridgehead atoms. The first kappa shape index (κ1) is 22.4. The number of rotatable bonds is 5. The Kier molecular flexibility index (Phi) is 9.06. The maximum Gasteiger partial charge on any atom is 0.223 e. The molecule has 1 heterocycles. The summed E-state index contributed by atoms with van der Waals surface area (Å²) in [4.78, 5) is 16.7. The molecule has 3 atom stereocenters. The summed E-state index contributed by atoms with van der Waals surface area (Å²) < 4.78 is 0. The van der Waals surface area contributed by atoms with Gasteiger partial charge in [0.25, 0.3) is 0 Å². The van der Waals surface area contributed by atoms with Gasteiger partial charge in [0.15, 0.2) is 0 Å². The van der Waals surface area contributed by atoms with E-state index in [-0.39, 0.29) is 42.7 Å². The lowest BCUT2D eigenvalue weighted by Crippen LogP contribution is -2.36.